The number of ether oxygens (including phenoxy) is 4. The zero-order chi connectivity index (χ0) is 25.2. The van der Waals surface area contributed by atoms with Gasteiger partial charge < -0.3 is 24.3 Å². The van der Waals surface area contributed by atoms with Crippen LogP contribution >= 0.6 is 0 Å². The molecule has 0 bridgehead atoms. The molecule has 8 nitrogen and oxygen atoms in total. The Labute approximate surface area is 203 Å². The van der Waals surface area contributed by atoms with Gasteiger partial charge >= 0.3 is 5.97 Å². The first-order valence-electron chi connectivity index (χ1n) is 11.0. The Morgan fingerprint density at radius 2 is 1.60 bits per heavy atom. The van der Waals surface area contributed by atoms with Crippen molar-refractivity contribution in [3.8, 4) is 17.2 Å². The smallest absolute Gasteiger partial charge is 0.338 e. The molecule has 3 rings (SSSR count). The lowest BCUT2D eigenvalue weighted by Gasteiger charge is -2.12. The standard InChI is InChI=1S/C27H27NO7/c1-4-33-25-13-10-20(18(2)29)14-21(25)16-35-27(31)19-8-11-23(12-9-19)34-17-26(30)28-22-6-5-7-24(15-22)32-3/h5-15H,4,16-17H2,1-3H3,(H,28,30). The molecule has 0 fully saturated rings. The van der Waals surface area contributed by atoms with Crippen LogP contribution in [0.5, 0.6) is 17.2 Å². The van der Waals surface area contributed by atoms with E-state index in [1.807, 2.05) is 6.92 Å². The summed E-state index contributed by atoms with van der Waals surface area (Å²) in [6.45, 7) is 3.52. The fraction of sp³-hybridized carbons (Fsp3) is 0.222. The van der Waals surface area contributed by atoms with Crippen molar-refractivity contribution in [3.05, 3.63) is 83.4 Å². The van der Waals surface area contributed by atoms with Crippen LogP contribution in [0, 0.1) is 0 Å². The van der Waals surface area contributed by atoms with Crippen LogP contribution in [0.4, 0.5) is 5.69 Å². The zero-order valence-corrected chi connectivity index (χ0v) is 19.8. The highest BCUT2D eigenvalue weighted by molar-refractivity contribution is 5.94. The van der Waals surface area contributed by atoms with Gasteiger partial charge in [0.25, 0.3) is 5.91 Å². The topological polar surface area (TPSA) is 100 Å². The summed E-state index contributed by atoms with van der Waals surface area (Å²) >= 11 is 0. The number of ketones is 1. The summed E-state index contributed by atoms with van der Waals surface area (Å²) in [5, 5.41) is 2.72. The van der Waals surface area contributed by atoms with Crippen LogP contribution in [0.3, 0.4) is 0 Å². The van der Waals surface area contributed by atoms with Gasteiger partial charge in [-0.2, -0.15) is 0 Å². The van der Waals surface area contributed by atoms with E-state index in [4.69, 9.17) is 18.9 Å². The molecule has 0 aliphatic rings. The van der Waals surface area contributed by atoms with Crippen molar-refractivity contribution >= 4 is 23.3 Å². The first-order valence-corrected chi connectivity index (χ1v) is 11.0. The molecule has 8 heteroatoms. The molecule has 0 spiro atoms. The van der Waals surface area contributed by atoms with E-state index in [1.165, 1.54) is 6.92 Å². The lowest BCUT2D eigenvalue weighted by Crippen LogP contribution is -2.20. The van der Waals surface area contributed by atoms with Gasteiger partial charge in [-0.15, -0.1) is 0 Å². The molecular weight excluding hydrogens is 450 g/mol. The number of anilines is 1. The number of benzene rings is 3. The second kappa shape index (κ2) is 12.2. The highest BCUT2D eigenvalue weighted by Gasteiger charge is 2.13. The Bertz CT molecular complexity index is 1190. The molecule has 0 saturated heterocycles. The number of amides is 1. The van der Waals surface area contributed by atoms with Crippen LogP contribution in [-0.2, 0) is 16.1 Å². The average molecular weight is 478 g/mol. The van der Waals surface area contributed by atoms with Crippen molar-refractivity contribution in [2.45, 2.75) is 20.5 Å². The second-order valence-electron chi connectivity index (χ2n) is 7.48. The van der Waals surface area contributed by atoms with E-state index in [2.05, 4.69) is 5.32 Å². The van der Waals surface area contributed by atoms with Crippen molar-refractivity contribution in [1.82, 2.24) is 0 Å². The molecule has 0 saturated carbocycles. The van der Waals surface area contributed by atoms with Crippen LogP contribution in [0.1, 0.15) is 40.1 Å². The minimum absolute atomic E-state index is 0.0437. The summed E-state index contributed by atoms with van der Waals surface area (Å²) in [6, 6.07) is 18.3. The molecule has 0 radical (unpaired) electrons. The van der Waals surface area contributed by atoms with Gasteiger partial charge in [0.1, 0.15) is 23.9 Å². The van der Waals surface area contributed by atoms with E-state index in [1.54, 1.807) is 73.8 Å². The molecule has 0 atom stereocenters. The fourth-order valence-electron chi connectivity index (χ4n) is 3.17. The van der Waals surface area contributed by atoms with E-state index < -0.39 is 5.97 Å². The third-order valence-electron chi connectivity index (χ3n) is 4.94. The summed E-state index contributed by atoms with van der Waals surface area (Å²) in [5.74, 6) is 0.652. The largest absolute Gasteiger partial charge is 0.497 e. The second-order valence-corrected chi connectivity index (χ2v) is 7.48. The summed E-state index contributed by atoms with van der Waals surface area (Å²) in [4.78, 5) is 36.3. The van der Waals surface area contributed by atoms with Crippen molar-refractivity contribution in [3.63, 3.8) is 0 Å². The Balaban J connectivity index is 1.54. The molecule has 182 valence electrons. The van der Waals surface area contributed by atoms with Gasteiger partial charge in [-0.05, 0) is 68.4 Å². The number of nitrogens with one attached hydrogen (secondary N) is 1. The van der Waals surface area contributed by atoms with Crippen molar-refractivity contribution < 1.29 is 33.3 Å². The lowest BCUT2D eigenvalue weighted by atomic mass is 10.1. The average Bonchev–Trinajstić information content (AvgIpc) is 2.87. The SMILES string of the molecule is CCOc1ccc(C(C)=O)cc1COC(=O)c1ccc(OCC(=O)Nc2cccc(OC)c2)cc1. The Morgan fingerprint density at radius 1 is 0.857 bits per heavy atom. The first kappa shape index (κ1) is 25.3. The van der Waals surface area contributed by atoms with Gasteiger partial charge in [0.15, 0.2) is 12.4 Å². The first-order chi connectivity index (χ1) is 16.9. The van der Waals surface area contributed by atoms with Gasteiger partial charge in [-0.1, -0.05) is 6.07 Å². The monoisotopic (exact) mass is 477 g/mol. The molecule has 0 aliphatic heterocycles. The van der Waals surface area contributed by atoms with E-state index in [0.29, 0.717) is 46.2 Å². The highest BCUT2D eigenvalue weighted by Crippen LogP contribution is 2.23. The predicted octanol–water partition coefficient (Wildman–Crippen LogP) is 4.67. The third kappa shape index (κ3) is 7.33. The van der Waals surface area contributed by atoms with Crippen LogP contribution in [0.25, 0.3) is 0 Å². The number of hydrogen-bond donors (Lipinski definition) is 1. The molecule has 1 amide bonds. The van der Waals surface area contributed by atoms with Gasteiger partial charge in [-0.25, -0.2) is 4.79 Å². The molecule has 3 aromatic carbocycles. The van der Waals surface area contributed by atoms with Crippen molar-refractivity contribution in [2.24, 2.45) is 0 Å². The van der Waals surface area contributed by atoms with Crippen LogP contribution < -0.4 is 19.5 Å². The number of rotatable bonds is 11. The summed E-state index contributed by atoms with van der Waals surface area (Å²) in [5.41, 5.74) is 2.03. The number of carbonyl (C=O) groups excluding carboxylic acids is 3. The number of carbonyl (C=O) groups is 3. The lowest BCUT2D eigenvalue weighted by molar-refractivity contribution is -0.118. The number of methoxy groups -OCH3 is 1. The summed E-state index contributed by atoms with van der Waals surface area (Å²) < 4.78 is 21.6. The molecule has 0 aromatic heterocycles. The fourth-order valence-corrected chi connectivity index (χ4v) is 3.17. The molecule has 1 N–H and O–H groups in total. The van der Waals surface area contributed by atoms with Crippen molar-refractivity contribution in [1.29, 1.82) is 0 Å². The van der Waals surface area contributed by atoms with E-state index in [0.717, 1.165) is 0 Å². The number of Topliss-reactive ketones (excluding diaryl/α,β-unsaturated/α-hetero) is 1. The normalized spacial score (nSPS) is 10.3. The number of hydrogen-bond acceptors (Lipinski definition) is 7. The molecule has 35 heavy (non-hydrogen) atoms. The van der Waals surface area contributed by atoms with Crippen LogP contribution in [0.15, 0.2) is 66.7 Å². The minimum atomic E-state index is -0.539. The van der Waals surface area contributed by atoms with Crippen molar-refractivity contribution in [2.75, 3.05) is 25.6 Å². The van der Waals surface area contributed by atoms with Gasteiger partial charge in [0.2, 0.25) is 0 Å². The Kier molecular flexibility index (Phi) is 8.83. The Morgan fingerprint density at radius 3 is 2.29 bits per heavy atom. The maximum Gasteiger partial charge on any atom is 0.338 e. The van der Waals surface area contributed by atoms with Crippen LogP contribution in [-0.4, -0.2) is 38.0 Å². The van der Waals surface area contributed by atoms with E-state index in [-0.39, 0.29) is 24.9 Å². The maximum atomic E-state index is 12.5. The zero-order valence-electron chi connectivity index (χ0n) is 19.8. The van der Waals surface area contributed by atoms with E-state index in [9.17, 15) is 14.4 Å². The van der Waals surface area contributed by atoms with E-state index >= 15 is 0 Å². The Hall–Kier alpha value is -4.33. The molecular formula is C27H27NO7. The molecule has 0 unspecified atom stereocenters. The van der Waals surface area contributed by atoms with Gasteiger partial charge in [-0.3, -0.25) is 9.59 Å². The highest BCUT2D eigenvalue weighted by atomic mass is 16.5. The maximum absolute atomic E-state index is 12.5. The quantitative estimate of drug-likeness (QED) is 0.316. The molecule has 0 aliphatic carbocycles. The predicted molar refractivity (Wildman–Crippen MR) is 130 cm³/mol. The molecule has 3 aromatic rings. The third-order valence-corrected chi connectivity index (χ3v) is 4.94. The van der Waals surface area contributed by atoms with Crippen LogP contribution in [0.2, 0.25) is 0 Å². The summed E-state index contributed by atoms with van der Waals surface area (Å²) in [6.07, 6.45) is 0. The van der Waals surface area contributed by atoms with Gasteiger partial charge in [0.05, 0.1) is 19.3 Å². The summed E-state index contributed by atoms with van der Waals surface area (Å²) in [7, 11) is 1.55. The molecule has 0 heterocycles. The number of esters is 1. The van der Waals surface area contributed by atoms with Gasteiger partial charge in [0, 0.05) is 22.9 Å². The minimum Gasteiger partial charge on any atom is -0.497 e.